The average Bonchev–Trinajstić information content (AvgIpc) is 2.63. The highest BCUT2D eigenvalue weighted by molar-refractivity contribution is 5.04. The first-order valence-corrected chi connectivity index (χ1v) is 6.70. The normalized spacial score (nSPS) is 26.1. The van der Waals surface area contributed by atoms with E-state index in [1.807, 2.05) is 12.5 Å². The lowest BCUT2D eigenvalue weighted by Crippen LogP contribution is -2.37. The van der Waals surface area contributed by atoms with Crippen LogP contribution in [0.4, 0.5) is 0 Å². The predicted octanol–water partition coefficient (Wildman–Crippen LogP) is 2.78. The molecule has 1 saturated heterocycles. The van der Waals surface area contributed by atoms with Crippen LogP contribution >= 0.6 is 0 Å². The van der Waals surface area contributed by atoms with Gasteiger partial charge in [-0.05, 0) is 38.1 Å². The van der Waals surface area contributed by atoms with Gasteiger partial charge < -0.3 is 9.88 Å². The van der Waals surface area contributed by atoms with Gasteiger partial charge in [-0.1, -0.05) is 20.8 Å². The van der Waals surface area contributed by atoms with Crippen molar-refractivity contribution < 1.29 is 0 Å². The van der Waals surface area contributed by atoms with E-state index in [2.05, 4.69) is 42.6 Å². The molecule has 2 heterocycles. The maximum Gasteiger partial charge on any atom is 0.0950 e. The summed E-state index contributed by atoms with van der Waals surface area (Å²) in [6.07, 6.45) is 7.60. The highest BCUT2D eigenvalue weighted by Gasteiger charge is 2.23. The molecule has 96 valence electrons. The Morgan fingerprint density at radius 1 is 1.47 bits per heavy atom. The molecule has 0 bridgehead atoms. The summed E-state index contributed by atoms with van der Waals surface area (Å²) < 4.78 is 2.41. The Hall–Kier alpha value is -0.830. The van der Waals surface area contributed by atoms with Gasteiger partial charge in [0.2, 0.25) is 0 Å². The van der Waals surface area contributed by atoms with Crippen LogP contribution < -0.4 is 5.32 Å². The van der Waals surface area contributed by atoms with Gasteiger partial charge in [0.25, 0.3) is 0 Å². The van der Waals surface area contributed by atoms with Crippen LogP contribution in [0.25, 0.3) is 0 Å². The number of hydrogen-bond acceptors (Lipinski definition) is 2. The zero-order valence-electron chi connectivity index (χ0n) is 11.5. The molecule has 3 heteroatoms. The summed E-state index contributed by atoms with van der Waals surface area (Å²) in [6, 6.07) is 1.25. The van der Waals surface area contributed by atoms with Crippen molar-refractivity contribution in [3.8, 4) is 0 Å². The Labute approximate surface area is 105 Å². The zero-order chi connectivity index (χ0) is 12.5. The van der Waals surface area contributed by atoms with Crippen LogP contribution in [0.2, 0.25) is 0 Å². The van der Waals surface area contributed by atoms with Crippen molar-refractivity contribution in [2.24, 2.45) is 5.41 Å². The Morgan fingerprint density at radius 3 is 2.88 bits per heavy atom. The second-order valence-corrected chi connectivity index (χ2v) is 6.56. The fourth-order valence-electron chi connectivity index (χ4n) is 2.70. The maximum atomic E-state index is 4.35. The van der Waals surface area contributed by atoms with Gasteiger partial charge in [-0.25, -0.2) is 4.98 Å². The van der Waals surface area contributed by atoms with Crippen molar-refractivity contribution in [3.63, 3.8) is 0 Å². The molecule has 2 unspecified atom stereocenters. The molecule has 0 aliphatic carbocycles. The fourth-order valence-corrected chi connectivity index (χ4v) is 2.70. The average molecular weight is 235 g/mol. The lowest BCUT2D eigenvalue weighted by atomic mass is 9.90. The van der Waals surface area contributed by atoms with Crippen LogP contribution in [-0.4, -0.2) is 22.1 Å². The molecule has 1 N–H and O–H groups in total. The van der Waals surface area contributed by atoms with Gasteiger partial charge in [0.1, 0.15) is 0 Å². The third-order valence-electron chi connectivity index (χ3n) is 3.45. The van der Waals surface area contributed by atoms with Crippen LogP contribution in [0.3, 0.4) is 0 Å². The molecule has 2 rings (SSSR count). The fraction of sp³-hybridized carbons (Fsp3) is 0.786. The van der Waals surface area contributed by atoms with Crippen LogP contribution in [0.5, 0.6) is 0 Å². The molecule has 2 atom stereocenters. The smallest absolute Gasteiger partial charge is 0.0950 e. The highest BCUT2D eigenvalue weighted by atomic mass is 15.1. The molecule has 0 saturated carbocycles. The van der Waals surface area contributed by atoms with E-state index >= 15 is 0 Å². The molecule has 1 aliphatic heterocycles. The number of piperidine rings is 1. The van der Waals surface area contributed by atoms with Gasteiger partial charge >= 0.3 is 0 Å². The summed E-state index contributed by atoms with van der Waals surface area (Å²) in [6.45, 7) is 10.3. The molecule has 0 aromatic carbocycles. The first-order chi connectivity index (χ1) is 7.96. The van der Waals surface area contributed by atoms with Gasteiger partial charge in [0.15, 0.2) is 0 Å². The van der Waals surface area contributed by atoms with Crippen molar-refractivity contribution in [1.29, 1.82) is 0 Å². The highest BCUT2D eigenvalue weighted by Crippen LogP contribution is 2.27. The van der Waals surface area contributed by atoms with E-state index < -0.39 is 0 Å². The number of imidazole rings is 1. The summed E-state index contributed by atoms with van der Waals surface area (Å²) in [5.41, 5.74) is 1.72. The molecule has 0 amide bonds. The molecule has 3 nitrogen and oxygen atoms in total. The summed E-state index contributed by atoms with van der Waals surface area (Å²) in [7, 11) is 0. The Bertz CT molecular complexity index is 362. The van der Waals surface area contributed by atoms with Gasteiger partial charge in [0, 0.05) is 24.0 Å². The van der Waals surface area contributed by atoms with E-state index in [9.17, 15) is 0 Å². The van der Waals surface area contributed by atoms with Gasteiger partial charge in [-0.15, -0.1) is 0 Å². The number of aromatic nitrogens is 2. The predicted molar refractivity (Wildman–Crippen MR) is 71.1 cm³/mol. The van der Waals surface area contributed by atoms with Crippen LogP contribution in [-0.2, 0) is 6.42 Å². The van der Waals surface area contributed by atoms with Gasteiger partial charge in [0.05, 0.1) is 6.33 Å². The molecule has 17 heavy (non-hydrogen) atoms. The van der Waals surface area contributed by atoms with E-state index in [1.54, 1.807) is 0 Å². The lowest BCUT2D eigenvalue weighted by molar-refractivity contribution is 0.300. The van der Waals surface area contributed by atoms with Gasteiger partial charge in [-0.2, -0.15) is 0 Å². The zero-order valence-corrected chi connectivity index (χ0v) is 11.5. The third-order valence-corrected chi connectivity index (χ3v) is 3.45. The third kappa shape index (κ3) is 3.32. The molecular formula is C14H25N3. The molecule has 1 aliphatic rings. The van der Waals surface area contributed by atoms with E-state index in [0.29, 0.717) is 17.5 Å². The Morgan fingerprint density at radius 2 is 2.24 bits per heavy atom. The molecule has 0 spiro atoms. The van der Waals surface area contributed by atoms with Crippen molar-refractivity contribution in [3.05, 3.63) is 18.2 Å². The number of nitrogens with zero attached hydrogens (tertiary/aromatic N) is 2. The molecule has 1 fully saturated rings. The summed E-state index contributed by atoms with van der Waals surface area (Å²) >= 11 is 0. The molecule has 0 radical (unpaired) electrons. The summed E-state index contributed by atoms with van der Waals surface area (Å²) in [4.78, 5) is 4.35. The Balaban J connectivity index is 2.13. The van der Waals surface area contributed by atoms with Crippen molar-refractivity contribution >= 4 is 0 Å². The topological polar surface area (TPSA) is 29.9 Å². The van der Waals surface area contributed by atoms with Crippen molar-refractivity contribution in [1.82, 2.24) is 14.9 Å². The first kappa shape index (κ1) is 12.6. The summed E-state index contributed by atoms with van der Waals surface area (Å²) in [5.74, 6) is 0. The van der Waals surface area contributed by atoms with Crippen molar-refractivity contribution in [2.75, 3.05) is 6.54 Å². The largest absolute Gasteiger partial charge is 0.331 e. The SMILES string of the molecule is CC1CC(n2cncc2CC(C)(C)C)CCN1. The van der Waals surface area contributed by atoms with E-state index in [-0.39, 0.29) is 0 Å². The second kappa shape index (κ2) is 4.81. The lowest BCUT2D eigenvalue weighted by Gasteiger charge is -2.31. The first-order valence-electron chi connectivity index (χ1n) is 6.70. The minimum absolute atomic E-state index is 0.330. The Kier molecular flexibility index (Phi) is 3.57. The molecule has 1 aromatic rings. The van der Waals surface area contributed by atoms with E-state index in [1.165, 1.54) is 18.5 Å². The standard InChI is InChI=1S/C14H25N3/c1-11-7-12(5-6-16-11)17-10-15-9-13(17)8-14(2,3)4/h9-12,16H,5-8H2,1-4H3. The molecular weight excluding hydrogens is 210 g/mol. The maximum absolute atomic E-state index is 4.35. The number of rotatable bonds is 2. The molecule has 1 aromatic heterocycles. The van der Waals surface area contributed by atoms with Crippen LogP contribution in [0, 0.1) is 5.41 Å². The van der Waals surface area contributed by atoms with Crippen molar-refractivity contribution in [2.45, 2.75) is 59.0 Å². The summed E-state index contributed by atoms with van der Waals surface area (Å²) in [5, 5.41) is 3.51. The van der Waals surface area contributed by atoms with Gasteiger partial charge in [-0.3, -0.25) is 0 Å². The van der Waals surface area contributed by atoms with E-state index in [4.69, 9.17) is 0 Å². The van der Waals surface area contributed by atoms with E-state index in [0.717, 1.165) is 13.0 Å². The quantitative estimate of drug-likeness (QED) is 0.854. The number of hydrogen-bond donors (Lipinski definition) is 1. The van der Waals surface area contributed by atoms with Crippen LogP contribution in [0.1, 0.15) is 52.3 Å². The monoisotopic (exact) mass is 235 g/mol. The van der Waals surface area contributed by atoms with Crippen LogP contribution in [0.15, 0.2) is 12.5 Å². The second-order valence-electron chi connectivity index (χ2n) is 6.56. The number of nitrogens with one attached hydrogen (secondary N) is 1. The minimum atomic E-state index is 0.330. The minimum Gasteiger partial charge on any atom is -0.331 e.